The summed E-state index contributed by atoms with van der Waals surface area (Å²) < 4.78 is 21.5. The van der Waals surface area contributed by atoms with E-state index in [4.69, 9.17) is 14.2 Å². The Bertz CT molecular complexity index is 1210. The van der Waals surface area contributed by atoms with Gasteiger partial charge in [0.25, 0.3) is 5.91 Å². The molecule has 1 fully saturated rings. The van der Waals surface area contributed by atoms with Crippen molar-refractivity contribution in [2.75, 3.05) is 13.7 Å². The lowest BCUT2D eigenvalue weighted by atomic mass is 9.95. The second kappa shape index (κ2) is 17.3. The number of alkyl carbamates (subject to hydrolysis) is 1. The molecule has 0 bridgehead atoms. The highest BCUT2D eigenvalue weighted by molar-refractivity contribution is 5.86. The first-order valence-electron chi connectivity index (χ1n) is 14.4. The third-order valence-electron chi connectivity index (χ3n) is 6.81. The molecule has 2 aromatic carbocycles. The topological polar surface area (TPSA) is 182 Å². The first kappa shape index (κ1) is 34.5. The molecule has 13 heteroatoms. The molecule has 1 heterocycles. The van der Waals surface area contributed by atoms with Crippen molar-refractivity contribution >= 4 is 23.9 Å². The minimum Gasteiger partial charge on any atom is -0.469 e. The third-order valence-corrected chi connectivity index (χ3v) is 6.81. The Morgan fingerprint density at radius 2 is 1.52 bits per heavy atom. The number of methoxy groups -OCH3 is 1. The number of carbonyl (C=O) groups is 4. The van der Waals surface area contributed by atoms with Crippen molar-refractivity contribution in [2.24, 2.45) is 5.92 Å². The summed E-state index contributed by atoms with van der Waals surface area (Å²) in [5, 5.41) is 29.6. The normalized spacial score (nSPS) is 22.0. The van der Waals surface area contributed by atoms with E-state index in [0.717, 1.165) is 11.1 Å². The van der Waals surface area contributed by atoms with Crippen molar-refractivity contribution in [3.05, 3.63) is 71.8 Å². The molecular formula is C31H41N3O10. The van der Waals surface area contributed by atoms with Crippen molar-refractivity contribution in [2.45, 2.75) is 76.6 Å². The molecule has 2 aromatic rings. The third kappa shape index (κ3) is 10.6. The first-order valence-corrected chi connectivity index (χ1v) is 14.4. The number of ether oxygens (including phenoxy) is 4. The summed E-state index contributed by atoms with van der Waals surface area (Å²) in [6, 6.07) is 15.7. The zero-order valence-electron chi connectivity index (χ0n) is 25.0. The molecule has 13 nitrogen and oxygen atoms in total. The van der Waals surface area contributed by atoms with Crippen LogP contribution < -0.4 is 16.0 Å². The van der Waals surface area contributed by atoms with Crippen LogP contribution in [0.5, 0.6) is 0 Å². The Labute approximate surface area is 256 Å². The molecule has 0 aliphatic carbocycles. The van der Waals surface area contributed by atoms with E-state index in [2.05, 4.69) is 20.7 Å². The van der Waals surface area contributed by atoms with Crippen molar-refractivity contribution in [1.29, 1.82) is 0 Å². The largest absolute Gasteiger partial charge is 0.469 e. The summed E-state index contributed by atoms with van der Waals surface area (Å²) in [6.45, 7) is 3.65. The van der Waals surface area contributed by atoms with E-state index in [-0.39, 0.29) is 38.5 Å². The van der Waals surface area contributed by atoms with E-state index in [1.54, 1.807) is 36.4 Å². The fraction of sp³-hybridized carbons (Fsp3) is 0.484. The number of hydrogen-bond donors (Lipinski definition) is 5. The lowest BCUT2D eigenvalue weighted by Gasteiger charge is -2.42. The Hall–Kier alpha value is -4.04. The molecule has 1 aliphatic heterocycles. The maximum Gasteiger partial charge on any atom is 0.408 e. The van der Waals surface area contributed by atoms with Gasteiger partial charge >= 0.3 is 12.1 Å². The molecule has 3 rings (SSSR count). The average Bonchev–Trinajstić information content (AvgIpc) is 3.02. The number of hydrogen-bond acceptors (Lipinski definition) is 10. The van der Waals surface area contributed by atoms with Gasteiger partial charge in [-0.05, 0) is 23.5 Å². The van der Waals surface area contributed by atoms with E-state index >= 15 is 0 Å². The van der Waals surface area contributed by atoms with Gasteiger partial charge in [0.15, 0.2) is 12.4 Å². The van der Waals surface area contributed by atoms with Gasteiger partial charge in [0, 0.05) is 6.54 Å². The summed E-state index contributed by atoms with van der Waals surface area (Å²) in [4.78, 5) is 50.3. The second-order valence-electron chi connectivity index (χ2n) is 10.7. The number of amides is 3. The zero-order valence-corrected chi connectivity index (χ0v) is 25.0. The number of benzene rings is 2. The Morgan fingerprint density at radius 1 is 0.909 bits per heavy atom. The average molecular weight is 616 g/mol. The molecule has 0 spiro atoms. The fourth-order valence-corrected chi connectivity index (χ4v) is 4.49. The summed E-state index contributed by atoms with van der Waals surface area (Å²) in [7, 11) is 1.21. The van der Waals surface area contributed by atoms with Gasteiger partial charge in [-0.3, -0.25) is 14.4 Å². The minimum atomic E-state index is -1.76. The SMILES string of the molecule is COC(=O)CCNC(=O)[C@H]1O[C@H](OCc2ccccc2)[C@H](NC(=O)[C@H](CC(C)C)NC(=O)OCc2ccccc2)[C@@H](O)[C@H]1O. The fourth-order valence-electron chi connectivity index (χ4n) is 4.49. The van der Waals surface area contributed by atoms with E-state index < -0.39 is 60.6 Å². The molecular weight excluding hydrogens is 574 g/mol. The summed E-state index contributed by atoms with van der Waals surface area (Å²) >= 11 is 0. The van der Waals surface area contributed by atoms with Crippen LogP contribution >= 0.6 is 0 Å². The highest BCUT2D eigenvalue weighted by Crippen LogP contribution is 2.24. The summed E-state index contributed by atoms with van der Waals surface area (Å²) in [6.07, 6.45) is -7.10. The van der Waals surface area contributed by atoms with Crippen LogP contribution in [0.15, 0.2) is 60.7 Å². The van der Waals surface area contributed by atoms with Gasteiger partial charge in [0.1, 0.15) is 30.9 Å². The van der Waals surface area contributed by atoms with Crippen LogP contribution in [0.4, 0.5) is 4.79 Å². The molecule has 5 N–H and O–H groups in total. The van der Waals surface area contributed by atoms with Crippen LogP contribution in [-0.2, 0) is 46.5 Å². The van der Waals surface area contributed by atoms with Crippen LogP contribution in [0, 0.1) is 5.92 Å². The maximum atomic E-state index is 13.5. The monoisotopic (exact) mass is 615 g/mol. The van der Waals surface area contributed by atoms with Gasteiger partial charge in [0.2, 0.25) is 5.91 Å². The number of rotatable bonds is 14. The Kier molecular flexibility index (Phi) is 13.5. The molecule has 0 aromatic heterocycles. The van der Waals surface area contributed by atoms with Crippen LogP contribution in [0.1, 0.15) is 37.8 Å². The van der Waals surface area contributed by atoms with Crippen molar-refractivity contribution in [1.82, 2.24) is 16.0 Å². The summed E-state index contributed by atoms with van der Waals surface area (Å²) in [5.41, 5.74) is 1.52. The number of esters is 1. The smallest absolute Gasteiger partial charge is 0.408 e. The molecule has 1 aliphatic rings. The van der Waals surface area contributed by atoms with Gasteiger partial charge in [-0.2, -0.15) is 0 Å². The molecule has 240 valence electrons. The van der Waals surface area contributed by atoms with E-state index in [1.807, 2.05) is 38.1 Å². The van der Waals surface area contributed by atoms with E-state index in [0.29, 0.717) is 0 Å². The molecule has 0 radical (unpaired) electrons. The van der Waals surface area contributed by atoms with Crippen LogP contribution in [0.3, 0.4) is 0 Å². The van der Waals surface area contributed by atoms with Crippen LogP contribution in [-0.4, -0.2) is 84.4 Å². The lowest BCUT2D eigenvalue weighted by Crippen LogP contribution is -2.67. The van der Waals surface area contributed by atoms with Crippen LogP contribution in [0.25, 0.3) is 0 Å². The van der Waals surface area contributed by atoms with E-state index in [1.165, 1.54) is 7.11 Å². The minimum absolute atomic E-state index is 0.00252. The lowest BCUT2D eigenvalue weighted by molar-refractivity contribution is -0.263. The molecule has 1 saturated heterocycles. The maximum absolute atomic E-state index is 13.5. The quantitative estimate of drug-likeness (QED) is 0.193. The number of aliphatic hydroxyl groups is 2. The number of carbonyl (C=O) groups excluding carboxylic acids is 4. The van der Waals surface area contributed by atoms with Gasteiger partial charge in [-0.25, -0.2) is 4.79 Å². The molecule has 44 heavy (non-hydrogen) atoms. The highest BCUT2D eigenvalue weighted by Gasteiger charge is 2.49. The number of nitrogens with one attached hydrogen (secondary N) is 3. The molecule has 3 amide bonds. The highest BCUT2D eigenvalue weighted by atomic mass is 16.7. The van der Waals surface area contributed by atoms with Gasteiger partial charge in [0.05, 0.1) is 20.1 Å². The standard InChI is InChI=1S/C31H41N3O10/c1-19(2)16-22(33-31(40)43-18-21-12-8-5-9-13-21)28(38)34-24-25(36)26(37)27(29(39)32-15-14-23(35)41-3)44-30(24)42-17-20-10-6-4-7-11-20/h4-13,19,22,24-27,30,36-37H,14-18H2,1-3H3,(H,32,39)(H,33,40)(H,34,38)/t22-,24+,25+,26+,27-,30-/m0/s1. The number of aliphatic hydroxyl groups excluding tert-OH is 2. The van der Waals surface area contributed by atoms with Crippen LogP contribution in [0.2, 0.25) is 0 Å². The van der Waals surface area contributed by atoms with Crippen molar-refractivity contribution in [3.63, 3.8) is 0 Å². The molecule has 6 atom stereocenters. The summed E-state index contributed by atoms with van der Waals surface area (Å²) in [5.74, 6) is -2.03. The van der Waals surface area contributed by atoms with Crippen molar-refractivity contribution < 1.29 is 48.3 Å². The zero-order chi connectivity index (χ0) is 32.1. The van der Waals surface area contributed by atoms with Gasteiger partial charge in [-0.1, -0.05) is 74.5 Å². The molecule has 0 saturated carbocycles. The van der Waals surface area contributed by atoms with E-state index in [9.17, 15) is 29.4 Å². The van der Waals surface area contributed by atoms with Crippen molar-refractivity contribution in [3.8, 4) is 0 Å². The van der Waals surface area contributed by atoms with Gasteiger partial charge in [-0.15, -0.1) is 0 Å². The predicted octanol–water partition coefficient (Wildman–Crippen LogP) is 1.16. The predicted molar refractivity (Wildman–Crippen MR) is 156 cm³/mol. The Balaban J connectivity index is 1.72. The van der Waals surface area contributed by atoms with Gasteiger partial charge < -0.3 is 45.1 Å². The second-order valence-corrected chi connectivity index (χ2v) is 10.7. The first-order chi connectivity index (χ1) is 21.1. The molecule has 0 unspecified atom stereocenters. The Morgan fingerprint density at radius 3 is 2.11 bits per heavy atom.